The van der Waals surface area contributed by atoms with Gasteiger partial charge in [0.05, 0.1) is 5.92 Å². The fourth-order valence-corrected chi connectivity index (χ4v) is 2.80. The summed E-state index contributed by atoms with van der Waals surface area (Å²) in [5.74, 6) is -1.10. The van der Waals surface area contributed by atoms with Crippen molar-refractivity contribution >= 4 is 28.5 Å². The topological polar surface area (TPSA) is 69.6 Å². The van der Waals surface area contributed by atoms with Crippen molar-refractivity contribution in [3.05, 3.63) is 42.5 Å². The number of benzene rings is 2. The quantitative estimate of drug-likeness (QED) is 0.894. The van der Waals surface area contributed by atoms with Crippen molar-refractivity contribution in [3.63, 3.8) is 0 Å². The Bertz CT molecular complexity index is 706. The molecule has 0 aromatic heterocycles. The summed E-state index contributed by atoms with van der Waals surface area (Å²) in [5, 5.41) is 14.1. The van der Waals surface area contributed by atoms with Gasteiger partial charge in [-0.3, -0.25) is 4.79 Å². The molecule has 1 fully saturated rings. The van der Waals surface area contributed by atoms with Gasteiger partial charge in [0.25, 0.3) is 0 Å². The molecule has 1 aliphatic rings. The number of carboxylic acid groups (broad SMARTS) is 1. The molecule has 0 saturated carbocycles. The summed E-state index contributed by atoms with van der Waals surface area (Å²) in [7, 11) is 0. The minimum atomic E-state index is -0.769. The monoisotopic (exact) mass is 298 g/mol. The lowest BCUT2D eigenvalue weighted by molar-refractivity contribution is -0.143. The van der Waals surface area contributed by atoms with Gasteiger partial charge < -0.3 is 15.3 Å². The normalized spacial score (nSPS) is 15.7. The lowest BCUT2D eigenvalue weighted by Gasteiger charge is -2.30. The highest BCUT2D eigenvalue weighted by atomic mass is 16.4. The molecule has 2 aromatic carbocycles. The Morgan fingerprint density at radius 1 is 1.05 bits per heavy atom. The first-order valence-electron chi connectivity index (χ1n) is 7.41. The highest BCUT2D eigenvalue weighted by Gasteiger charge is 2.26. The van der Waals surface area contributed by atoms with Crippen molar-refractivity contribution in [2.24, 2.45) is 5.92 Å². The molecule has 22 heavy (non-hydrogen) atoms. The third-order valence-corrected chi connectivity index (χ3v) is 4.13. The summed E-state index contributed by atoms with van der Waals surface area (Å²) in [6.45, 7) is 0.965. The van der Waals surface area contributed by atoms with Crippen molar-refractivity contribution in [2.75, 3.05) is 18.4 Å². The fraction of sp³-hybridized carbons (Fsp3) is 0.294. The van der Waals surface area contributed by atoms with Gasteiger partial charge >= 0.3 is 12.0 Å². The molecule has 5 nitrogen and oxygen atoms in total. The summed E-state index contributed by atoms with van der Waals surface area (Å²) in [4.78, 5) is 24.9. The molecule has 2 N–H and O–H groups in total. The molecule has 0 aliphatic carbocycles. The van der Waals surface area contributed by atoms with Crippen LogP contribution in [-0.2, 0) is 4.79 Å². The van der Waals surface area contributed by atoms with Crippen LogP contribution in [0.1, 0.15) is 12.8 Å². The predicted molar refractivity (Wildman–Crippen MR) is 84.9 cm³/mol. The van der Waals surface area contributed by atoms with Gasteiger partial charge in [0.2, 0.25) is 0 Å². The number of piperidine rings is 1. The fourth-order valence-electron chi connectivity index (χ4n) is 2.80. The number of fused-ring (bicyclic) bond motifs is 1. The van der Waals surface area contributed by atoms with Crippen LogP contribution in [0.5, 0.6) is 0 Å². The molecule has 5 heteroatoms. The van der Waals surface area contributed by atoms with Crippen molar-refractivity contribution in [3.8, 4) is 0 Å². The molecular weight excluding hydrogens is 280 g/mol. The van der Waals surface area contributed by atoms with Gasteiger partial charge in [0, 0.05) is 18.8 Å². The summed E-state index contributed by atoms with van der Waals surface area (Å²) < 4.78 is 0. The van der Waals surface area contributed by atoms with Crippen LogP contribution in [0, 0.1) is 5.92 Å². The van der Waals surface area contributed by atoms with E-state index >= 15 is 0 Å². The predicted octanol–water partition coefficient (Wildman–Crippen LogP) is 3.17. The minimum absolute atomic E-state index is 0.167. The van der Waals surface area contributed by atoms with Gasteiger partial charge in [-0.25, -0.2) is 4.79 Å². The maximum atomic E-state index is 12.2. The lowest BCUT2D eigenvalue weighted by atomic mass is 9.97. The molecule has 1 heterocycles. The second-order valence-corrected chi connectivity index (χ2v) is 5.59. The van der Waals surface area contributed by atoms with Gasteiger partial charge in [-0.15, -0.1) is 0 Å². The van der Waals surface area contributed by atoms with Crippen LogP contribution in [0.4, 0.5) is 10.5 Å². The molecule has 0 spiro atoms. The van der Waals surface area contributed by atoms with Crippen molar-refractivity contribution in [1.29, 1.82) is 0 Å². The zero-order valence-electron chi connectivity index (χ0n) is 12.2. The highest BCUT2D eigenvalue weighted by molar-refractivity contribution is 5.93. The Kier molecular flexibility index (Phi) is 3.96. The van der Waals surface area contributed by atoms with E-state index in [9.17, 15) is 9.59 Å². The second-order valence-electron chi connectivity index (χ2n) is 5.59. The van der Waals surface area contributed by atoms with Crippen LogP contribution in [0.3, 0.4) is 0 Å². The first-order chi connectivity index (χ1) is 10.6. The molecule has 0 radical (unpaired) electrons. The van der Waals surface area contributed by atoms with Gasteiger partial charge in [0.15, 0.2) is 0 Å². The summed E-state index contributed by atoms with van der Waals surface area (Å²) in [5.41, 5.74) is 0.754. The second kappa shape index (κ2) is 6.05. The van der Waals surface area contributed by atoms with Crippen LogP contribution in [0.25, 0.3) is 10.8 Å². The van der Waals surface area contributed by atoms with Crippen LogP contribution in [0.15, 0.2) is 42.5 Å². The standard InChI is InChI=1S/C17H18N2O3/c20-16(21)13-7-9-19(10-8-13)17(22)18-15-6-5-12-3-1-2-4-14(12)11-15/h1-6,11,13H,7-10H2,(H,18,22)(H,20,21). The zero-order valence-corrected chi connectivity index (χ0v) is 12.2. The highest BCUT2D eigenvalue weighted by Crippen LogP contribution is 2.21. The largest absolute Gasteiger partial charge is 0.481 e. The van der Waals surface area contributed by atoms with E-state index in [0.717, 1.165) is 16.5 Å². The SMILES string of the molecule is O=C(O)C1CCN(C(=O)Nc2ccc3ccccc3c2)CC1. The number of nitrogens with one attached hydrogen (secondary N) is 1. The molecule has 2 amide bonds. The van der Waals surface area contributed by atoms with Crippen LogP contribution < -0.4 is 5.32 Å². The average Bonchev–Trinajstić information content (AvgIpc) is 2.55. The van der Waals surface area contributed by atoms with E-state index in [1.807, 2.05) is 42.5 Å². The first kappa shape index (κ1) is 14.4. The van der Waals surface area contributed by atoms with E-state index in [1.54, 1.807) is 4.90 Å². The Labute approximate surface area is 128 Å². The number of rotatable bonds is 2. The third-order valence-electron chi connectivity index (χ3n) is 4.13. The van der Waals surface area contributed by atoms with Gasteiger partial charge in [-0.05, 0) is 35.7 Å². The van der Waals surface area contributed by atoms with E-state index in [0.29, 0.717) is 25.9 Å². The third kappa shape index (κ3) is 3.03. The molecule has 2 aromatic rings. The number of carbonyl (C=O) groups excluding carboxylic acids is 1. The number of carboxylic acids is 1. The number of hydrogen-bond acceptors (Lipinski definition) is 2. The molecule has 1 aliphatic heterocycles. The number of hydrogen-bond donors (Lipinski definition) is 2. The maximum absolute atomic E-state index is 12.2. The summed E-state index contributed by atoms with van der Waals surface area (Å²) in [6.07, 6.45) is 1.03. The molecule has 0 atom stereocenters. The number of carbonyl (C=O) groups is 2. The number of aliphatic carboxylic acids is 1. The number of urea groups is 1. The zero-order chi connectivity index (χ0) is 15.5. The molecule has 114 valence electrons. The molecule has 0 unspecified atom stereocenters. The van der Waals surface area contributed by atoms with E-state index in [1.165, 1.54) is 0 Å². The Morgan fingerprint density at radius 3 is 2.41 bits per heavy atom. The molecular formula is C17H18N2O3. The number of likely N-dealkylation sites (tertiary alicyclic amines) is 1. The number of anilines is 1. The molecule has 1 saturated heterocycles. The summed E-state index contributed by atoms with van der Waals surface area (Å²) >= 11 is 0. The number of nitrogens with zero attached hydrogens (tertiary/aromatic N) is 1. The average molecular weight is 298 g/mol. The first-order valence-corrected chi connectivity index (χ1v) is 7.41. The van der Waals surface area contributed by atoms with Crippen LogP contribution in [0.2, 0.25) is 0 Å². The van der Waals surface area contributed by atoms with E-state index < -0.39 is 5.97 Å². The minimum Gasteiger partial charge on any atom is -0.481 e. The van der Waals surface area contributed by atoms with E-state index in [4.69, 9.17) is 5.11 Å². The van der Waals surface area contributed by atoms with Crippen molar-refractivity contribution < 1.29 is 14.7 Å². The molecule has 3 rings (SSSR count). The van der Waals surface area contributed by atoms with Gasteiger partial charge in [-0.1, -0.05) is 30.3 Å². The van der Waals surface area contributed by atoms with Crippen molar-refractivity contribution in [2.45, 2.75) is 12.8 Å². The van der Waals surface area contributed by atoms with E-state index in [2.05, 4.69) is 5.32 Å². The lowest BCUT2D eigenvalue weighted by Crippen LogP contribution is -2.42. The maximum Gasteiger partial charge on any atom is 0.321 e. The Morgan fingerprint density at radius 2 is 1.73 bits per heavy atom. The summed E-state index contributed by atoms with van der Waals surface area (Å²) in [6, 6.07) is 13.6. The smallest absolute Gasteiger partial charge is 0.321 e. The number of amides is 2. The Hall–Kier alpha value is -2.56. The van der Waals surface area contributed by atoms with Gasteiger partial charge in [0.1, 0.15) is 0 Å². The molecule has 0 bridgehead atoms. The van der Waals surface area contributed by atoms with Crippen LogP contribution in [-0.4, -0.2) is 35.1 Å². The van der Waals surface area contributed by atoms with E-state index in [-0.39, 0.29) is 11.9 Å². The van der Waals surface area contributed by atoms with Crippen molar-refractivity contribution in [1.82, 2.24) is 4.90 Å². The van der Waals surface area contributed by atoms with Gasteiger partial charge in [-0.2, -0.15) is 0 Å². The Balaban J connectivity index is 1.65. The van der Waals surface area contributed by atoms with Crippen LogP contribution >= 0.6 is 0 Å².